The molecule has 0 saturated heterocycles. The van der Waals surface area contributed by atoms with Gasteiger partial charge >= 0.3 is 8.60 Å². The van der Waals surface area contributed by atoms with E-state index in [1.807, 2.05) is 0 Å². The van der Waals surface area contributed by atoms with Crippen molar-refractivity contribution in [3.63, 3.8) is 0 Å². The smallest absolute Gasteiger partial charge is 0.324 e. The van der Waals surface area contributed by atoms with Gasteiger partial charge in [0, 0.05) is 20.4 Å². The molecule has 0 aromatic rings. The van der Waals surface area contributed by atoms with Crippen molar-refractivity contribution in [2.45, 2.75) is 0 Å². The van der Waals surface area contributed by atoms with Crippen LogP contribution in [-0.4, -0.2) is 14.7 Å². The first-order valence-corrected chi connectivity index (χ1v) is 1.80. The molecule has 3 nitrogen and oxygen atoms in total. The molecule has 0 amide bonds. The molecule has 0 saturated carbocycles. The van der Waals surface area contributed by atoms with E-state index in [4.69, 9.17) is 14.7 Å². The van der Waals surface area contributed by atoms with E-state index < -0.39 is 8.60 Å². The van der Waals surface area contributed by atoms with Gasteiger partial charge in [-0.05, 0) is 0 Å². The fourth-order valence-electron chi connectivity index (χ4n) is 0. The van der Waals surface area contributed by atoms with Crippen LogP contribution < -0.4 is 0 Å². The van der Waals surface area contributed by atoms with Crippen molar-refractivity contribution in [3.05, 3.63) is 0 Å². The van der Waals surface area contributed by atoms with Crippen LogP contribution in [0.15, 0.2) is 0 Å². The van der Waals surface area contributed by atoms with Gasteiger partial charge in [0.25, 0.3) is 0 Å². The molecule has 0 rings (SSSR count). The molecule has 33 valence electrons. The minimum absolute atomic E-state index is 0. The second-order valence-electron chi connectivity index (χ2n) is 0.268. The van der Waals surface area contributed by atoms with Crippen molar-refractivity contribution >= 4 is 8.60 Å². The predicted molar refractivity (Wildman–Crippen MR) is 13.6 cm³/mol. The van der Waals surface area contributed by atoms with Crippen LogP contribution >= 0.6 is 8.60 Å². The van der Waals surface area contributed by atoms with Gasteiger partial charge in [-0.25, -0.2) is 0 Å². The third-order valence-electron chi connectivity index (χ3n) is 0. The van der Waals surface area contributed by atoms with E-state index in [2.05, 4.69) is 0 Å². The maximum atomic E-state index is 7.23. The van der Waals surface area contributed by atoms with Crippen LogP contribution in [0.25, 0.3) is 0 Å². The van der Waals surface area contributed by atoms with Gasteiger partial charge < -0.3 is 14.7 Å². The fraction of sp³-hybridized carbons (Fsp3) is 0. The third-order valence-corrected chi connectivity index (χ3v) is 0. The van der Waals surface area contributed by atoms with E-state index in [0.717, 1.165) is 0 Å². The zero-order valence-corrected chi connectivity index (χ0v) is 5.78. The third kappa shape index (κ3) is 46.5. The van der Waals surface area contributed by atoms with Crippen LogP contribution in [0.3, 0.4) is 0 Å². The Morgan fingerprint density at radius 3 is 1.00 bits per heavy atom. The molecule has 0 aliphatic heterocycles. The zero-order valence-electron chi connectivity index (χ0n) is 2.17. The monoisotopic (exact) mass is 269 g/mol. The van der Waals surface area contributed by atoms with Gasteiger partial charge in [-0.2, -0.15) is 0 Å². The van der Waals surface area contributed by atoms with E-state index >= 15 is 0 Å². The average molecular weight is 268 g/mol. The SMILES string of the molecule is OP(O)O.[Re]. The summed E-state index contributed by atoms with van der Waals surface area (Å²) in [5.74, 6) is 0. The molecule has 0 unspecified atom stereocenters. The summed E-state index contributed by atoms with van der Waals surface area (Å²) < 4.78 is 0. The van der Waals surface area contributed by atoms with Crippen molar-refractivity contribution < 1.29 is 35.1 Å². The van der Waals surface area contributed by atoms with Crippen LogP contribution in [-0.2, 0) is 20.4 Å². The molecule has 3 N–H and O–H groups in total. The molecule has 0 fully saturated rings. The minimum atomic E-state index is -2.62. The van der Waals surface area contributed by atoms with E-state index in [1.54, 1.807) is 0 Å². The van der Waals surface area contributed by atoms with Crippen LogP contribution in [0.2, 0.25) is 0 Å². The Bertz CT molecular complexity index is 11.6. The second-order valence-corrected chi connectivity index (χ2v) is 0.805. The van der Waals surface area contributed by atoms with Crippen molar-refractivity contribution in [1.82, 2.24) is 0 Å². The second kappa shape index (κ2) is 4.97. The Morgan fingerprint density at radius 1 is 1.00 bits per heavy atom. The van der Waals surface area contributed by atoms with E-state index in [1.165, 1.54) is 0 Å². The van der Waals surface area contributed by atoms with E-state index in [0.29, 0.717) is 0 Å². The summed E-state index contributed by atoms with van der Waals surface area (Å²) in [6.45, 7) is 0. The molecule has 0 bridgehead atoms. The van der Waals surface area contributed by atoms with Crippen LogP contribution in [0, 0.1) is 0 Å². The van der Waals surface area contributed by atoms with Gasteiger partial charge in [0.05, 0.1) is 0 Å². The molecule has 1 radical (unpaired) electrons. The minimum Gasteiger partial charge on any atom is -0.328 e. The first-order valence-electron chi connectivity index (χ1n) is 0.600. The molecule has 0 heterocycles. The Balaban J connectivity index is 0. The largest absolute Gasteiger partial charge is 0.328 e. The quantitative estimate of drug-likeness (QED) is 0.503. The molecule has 0 atom stereocenters. The van der Waals surface area contributed by atoms with Gasteiger partial charge in [-0.3, -0.25) is 0 Å². The number of rotatable bonds is 0. The molecule has 5 heavy (non-hydrogen) atoms. The first kappa shape index (κ1) is 9.36. The Kier molecular flexibility index (Phi) is 9.31. The topological polar surface area (TPSA) is 60.7 Å². The molecular formula is H3O3PRe. The van der Waals surface area contributed by atoms with Gasteiger partial charge in [0.2, 0.25) is 0 Å². The van der Waals surface area contributed by atoms with Gasteiger partial charge in [-0.15, -0.1) is 0 Å². The summed E-state index contributed by atoms with van der Waals surface area (Å²) in [6.07, 6.45) is 0. The van der Waals surface area contributed by atoms with Crippen molar-refractivity contribution in [2.24, 2.45) is 0 Å². The van der Waals surface area contributed by atoms with Gasteiger partial charge in [0.1, 0.15) is 0 Å². The molecular weight excluding hydrogens is 265 g/mol. The van der Waals surface area contributed by atoms with E-state index in [-0.39, 0.29) is 20.4 Å². The summed E-state index contributed by atoms with van der Waals surface area (Å²) in [5.41, 5.74) is 0. The summed E-state index contributed by atoms with van der Waals surface area (Å²) in [6, 6.07) is 0. The first-order chi connectivity index (χ1) is 1.73. The van der Waals surface area contributed by atoms with Crippen LogP contribution in [0.5, 0.6) is 0 Å². The molecule has 5 heteroatoms. The van der Waals surface area contributed by atoms with Crippen LogP contribution in [0.4, 0.5) is 0 Å². The van der Waals surface area contributed by atoms with Crippen molar-refractivity contribution in [2.75, 3.05) is 0 Å². The number of hydrogen-bond donors (Lipinski definition) is 3. The molecule has 0 aliphatic carbocycles. The zero-order chi connectivity index (χ0) is 3.58. The standard InChI is InChI=1S/H3O3P.Re/c1-4(2)3;/h1-3H;. The van der Waals surface area contributed by atoms with Crippen molar-refractivity contribution in [3.8, 4) is 0 Å². The van der Waals surface area contributed by atoms with Crippen LogP contribution in [0.1, 0.15) is 0 Å². The molecule has 0 aliphatic rings. The summed E-state index contributed by atoms with van der Waals surface area (Å²) in [4.78, 5) is 21.7. The van der Waals surface area contributed by atoms with Gasteiger partial charge in [0.15, 0.2) is 0 Å². The maximum absolute atomic E-state index is 7.23. The molecule has 0 spiro atoms. The van der Waals surface area contributed by atoms with Crippen molar-refractivity contribution in [1.29, 1.82) is 0 Å². The average Bonchev–Trinajstić information content (AvgIpc) is 0.811. The molecule has 0 aromatic heterocycles. The number of hydrogen-bond acceptors (Lipinski definition) is 3. The Hall–Kier alpha value is 0.972. The maximum Gasteiger partial charge on any atom is 0.324 e. The summed E-state index contributed by atoms with van der Waals surface area (Å²) in [5, 5.41) is 0. The Labute approximate surface area is 44.3 Å². The molecule has 0 aromatic carbocycles. The van der Waals surface area contributed by atoms with E-state index in [9.17, 15) is 0 Å². The van der Waals surface area contributed by atoms with Gasteiger partial charge in [-0.1, -0.05) is 0 Å². The predicted octanol–water partition coefficient (Wildman–Crippen LogP) is -0.812. The summed E-state index contributed by atoms with van der Waals surface area (Å²) >= 11 is 0. The fourth-order valence-corrected chi connectivity index (χ4v) is 0. The Morgan fingerprint density at radius 2 is 1.00 bits per heavy atom. The normalized spacial score (nSPS) is 7.20. The summed E-state index contributed by atoms with van der Waals surface area (Å²) in [7, 11) is -2.62.